The molecule has 3 heteroatoms. The first-order valence-electron chi connectivity index (χ1n) is 7.52. The molecule has 0 saturated heterocycles. The van der Waals surface area contributed by atoms with Crippen molar-refractivity contribution >= 4 is 11.6 Å². The van der Waals surface area contributed by atoms with Crippen LogP contribution in [0.4, 0.5) is 0 Å². The molecule has 0 fully saturated rings. The number of hydrogen-bond donors (Lipinski definition) is 1. The Balaban J connectivity index is 2.21. The largest absolute Gasteiger partial charge is 0.324 e. The molecule has 0 aliphatic heterocycles. The summed E-state index contributed by atoms with van der Waals surface area (Å²) < 4.78 is 2.29. The minimum atomic E-state index is 0.118. The minimum absolute atomic E-state index is 0.118. The zero-order valence-electron chi connectivity index (χ0n) is 13.2. The first-order chi connectivity index (χ1) is 9.78. The number of hydrogen-bond acceptors (Lipinski definition) is 1. The maximum absolute atomic E-state index is 6.49. The molecule has 2 aromatic rings. The molecule has 2 N–H and O–H groups in total. The van der Waals surface area contributed by atoms with Gasteiger partial charge >= 0.3 is 0 Å². The lowest BCUT2D eigenvalue weighted by atomic mass is 9.74. The molecule has 2 nitrogen and oxygen atoms in total. The fourth-order valence-electron chi connectivity index (χ4n) is 3.58. The topological polar surface area (TPSA) is 30.9 Å². The van der Waals surface area contributed by atoms with Crippen molar-refractivity contribution in [3.63, 3.8) is 0 Å². The molecule has 1 atom stereocenters. The first kappa shape index (κ1) is 14.7. The van der Waals surface area contributed by atoms with Crippen molar-refractivity contribution in [2.24, 2.45) is 11.1 Å². The van der Waals surface area contributed by atoms with E-state index in [1.54, 1.807) is 0 Å². The molecular formula is C18H23ClN2. The zero-order valence-corrected chi connectivity index (χ0v) is 14.0. The highest BCUT2D eigenvalue weighted by molar-refractivity contribution is 6.32. The highest BCUT2D eigenvalue weighted by atomic mass is 35.5. The smallest absolute Gasteiger partial charge is 0.0649 e. The molecular weight excluding hydrogens is 280 g/mol. The minimum Gasteiger partial charge on any atom is -0.324 e. The molecule has 112 valence electrons. The number of rotatable bonds is 1. The summed E-state index contributed by atoms with van der Waals surface area (Å²) in [4.78, 5) is 0. The van der Waals surface area contributed by atoms with Crippen LogP contribution in [-0.4, -0.2) is 4.57 Å². The number of nitrogens with two attached hydrogens (primary N) is 1. The number of benzene rings is 1. The molecule has 1 unspecified atom stereocenters. The van der Waals surface area contributed by atoms with Gasteiger partial charge in [-0.15, -0.1) is 0 Å². The summed E-state index contributed by atoms with van der Waals surface area (Å²) >= 11 is 6.49. The van der Waals surface area contributed by atoms with Gasteiger partial charge in [-0.2, -0.15) is 0 Å². The number of fused-ring (bicyclic) bond motifs is 1. The molecule has 0 saturated carbocycles. The van der Waals surface area contributed by atoms with Gasteiger partial charge < -0.3 is 10.3 Å². The molecule has 3 rings (SSSR count). The molecule has 1 aliphatic carbocycles. The van der Waals surface area contributed by atoms with Crippen molar-refractivity contribution in [3.8, 4) is 5.69 Å². The average Bonchev–Trinajstić information content (AvgIpc) is 2.65. The normalized spacial score (nSPS) is 20.4. The van der Waals surface area contributed by atoms with Crippen LogP contribution in [-0.2, 0) is 6.42 Å². The average molecular weight is 303 g/mol. The van der Waals surface area contributed by atoms with Gasteiger partial charge in [-0.25, -0.2) is 0 Å². The number of aromatic nitrogens is 1. The zero-order chi connectivity index (χ0) is 15.4. The lowest BCUT2D eigenvalue weighted by molar-refractivity contribution is 0.278. The summed E-state index contributed by atoms with van der Waals surface area (Å²) in [5.41, 5.74) is 12.7. The van der Waals surface area contributed by atoms with Gasteiger partial charge in [0.05, 0.1) is 10.7 Å². The van der Waals surface area contributed by atoms with Crippen LogP contribution in [0.25, 0.3) is 5.69 Å². The predicted molar refractivity (Wildman–Crippen MR) is 89.3 cm³/mol. The van der Waals surface area contributed by atoms with E-state index in [0.717, 1.165) is 23.6 Å². The van der Waals surface area contributed by atoms with Gasteiger partial charge in [0.2, 0.25) is 0 Å². The van der Waals surface area contributed by atoms with Crippen molar-refractivity contribution in [3.05, 3.63) is 51.8 Å². The van der Waals surface area contributed by atoms with Gasteiger partial charge in [0.1, 0.15) is 0 Å². The van der Waals surface area contributed by atoms with E-state index in [9.17, 15) is 0 Å². The van der Waals surface area contributed by atoms with Gasteiger partial charge in [-0.3, -0.25) is 0 Å². The number of nitrogens with zero attached hydrogens (tertiary/aromatic N) is 1. The summed E-state index contributed by atoms with van der Waals surface area (Å²) in [6, 6.07) is 8.59. The Labute approximate surface area is 131 Å². The standard InChI is InChI=1S/C18H23ClN2/c1-11-5-6-16(14(19)7-11)21-12(2)8-13-15(20)9-18(3,4)10-17(13)21/h5-8,15H,9-10,20H2,1-4H3. The van der Waals surface area contributed by atoms with Gasteiger partial charge in [-0.05, 0) is 61.4 Å². The van der Waals surface area contributed by atoms with Gasteiger partial charge in [0.25, 0.3) is 0 Å². The van der Waals surface area contributed by atoms with Crippen LogP contribution < -0.4 is 5.73 Å². The Morgan fingerprint density at radius 3 is 2.62 bits per heavy atom. The fourth-order valence-corrected chi connectivity index (χ4v) is 3.90. The molecule has 0 spiro atoms. The highest BCUT2D eigenvalue weighted by Crippen LogP contribution is 2.42. The molecule has 0 amide bonds. The van der Waals surface area contributed by atoms with Crippen LogP contribution in [0.5, 0.6) is 0 Å². The fraction of sp³-hybridized carbons (Fsp3) is 0.444. The Morgan fingerprint density at radius 1 is 1.24 bits per heavy atom. The Kier molecular flexibility index (Phi) is 3.42. The molecule has 1 aromatic carbocycles. The third-order valence-corrected chi connectivity index (χ3v) is 4.79. The SMILES string of the molecule is Cc1ccc(-n2c(C)cc3c2CC(C)(C)CC3N)c(Cl)c1. The summed E-state index contributed by atoms with van der Waals surface area (Å²) in [5.74, 6) is 0. The third-order valence-electron chi connectivity index (χ3n) is 4.48. The summed E-state index contributed by atoms with van der Waals surface area (Å²) in [7, 11) is 0. The Morgan fingerprint density at radius 2 is 1.95 bits per heavy atom. The molecule has 21 heavy (non-hydrogen) atoms. The molecule has 1 heterocycles. The van der Waals surface area contributed by atoms with Crippen LogP contribution in [0.15, 0.2) is 24.3 Å². The van der Waals surface area contributed by atoms with Crippen LogP contribution in [0.2, 0.25) is 5.02 Å². The van der Waals surface area contributed by atoms with Crippen LogP contribution in [0, 0.1) is 19.3 Å². The second-order valence-corrected chi connectivity index (χ2v) is 7.54. The van der Waals surface area contributed by atoms with E-state index in [1.807, 2.05) is 6.07 Å². The lowest BCUT2D eigenvalue weighted by Crippen LogP contribution is -2.30. The van der Waals surface area contributed by atoms with E-state index >= 15 is 0 Å². The molecule has 0 radical (unpaired) electrons. The number of aryl methyl sites for hydroxylation is 2. The molecule has 1 aromatic heterocycles. The van der Waals surface area contributed by atoms with Crippen LogP contribution in [0.1, 0.15) is 48.8 Å². The monoisotopic (exact) mass is 302 g/mol. The van der Waals surface area contributed by atoms with Crippen LogP contribution >= 0.6 is 11.6 Å². The van der Waals surface area contributed by atoms with E-state index in [2.05, 4.69) is 50.5 Å². The first-order valence-corrected chi connectivity index (χ1v) is 7.89. The van der Waals surface area contributed by atoms with Crippen LogP contribution in [0.3, 0.4) is 0 Å². The van der Waals surface area contributed by atoms with Crippen molar-refractivity contribution in [2.45, 2.75) is 46.6 Å². The van der Waals surface area contributed by atoms with Crippen molar-refractivity contribution in [1.82, 2.24) is 4.57 Å². The van der Waals surface area contributed by atoms with Crippen molar-refractivity contribution in [2.75, 3.05) is 0 Å². The third kappa shape index (κ3) is 2.51. The van der Waals surface area contributed by atoms with E-state index < -0.39 is 0 Å². The van der Waals surface area contributed by atoms with Gasteiger partial charge in [0.15, 0.2) is 0 Å². The van der Waals surface area contributed by atoms with E-state index in [-0.39, 0.29) is 11.5 Å². The van der Waals surface area contributed by atoms with E-state index in [4.69, 9.17) is 17.3 Å². The van der Waals surface area contributed by atoms with E-state index in [0.29, 0.717) is 0 Å². The number of halogens is 1. The summed E-state index contributed by atoms with van der Waals surface area (Å²) in [6.07, 6.45) is 2.07. The quantitative estimate of drug-likeness (QED) is 0.812. The van der Waals surface area contributed by atoms with Crippen molar-refractivity contribution in [1.29, 1.82) is 0 Å². The maximum Gasteiger partial charge on any atom is 0.0649 e. The lowest BCUT2D eigenvalue weighted by Gasteiger charge is -2.34. The van der Waals surface area contributed by atoms with Crippen molar-refractivity contribution < 1.29 is 0 Å². The highest BCUT2D eigenvalue weighted by Gasteiger charge is 2.33. The predicted octanol–water partition coefficient (Wildman–Crippen LogP) is 4.72. The Hall–Kier alpha value is -1.25. The maximum atomic E-state index is 6.49. The Bertz CT molecular complexity index is 697. The second kappa shape index (κ2) is 4.89. The molecule has 1 aliphatic rings. The van der Waals surface area contributed by atoms with Gasteiger partial charge in [0, 0.05) is 17.4 Å². The molecule has 0 bridgehead atoms. The summed E-state index contributed by atoms with van der Waals surface area (Å²) in [6.45, 7) is 8.78. The van der Waals surface area contributed by atoms with E-state index in [1.165, 1.54) is 22.5 Å². The summed E-state index contributed by atoms with van der Waals surface area (Å²) in [5, 5.41) is 0.799. The van der Waals surface area contributed by atoms with Gasteiger partial charge in [-0.1, -0.05) is 31.5 Å². The second-order valence-electron chi connectivity index (χ2n) is 7.13.